The van der Waals surface area contributed by atoms with E-state index >= 15 is 0 Å². The van der Waals surface area contributed by atoms with Crippen molar-refractivity contribution in [2.24, 2.45) is 5.10 Å². The summed E-state index contributed by atoms with van der Waals surface area (Å²) < 4.78 is 40.6. The van der Waals surface area contributed by atoms with Crippen LogP contribution in [0.5, 0.6) is 11.5 Å². The molecule has 8 nitrogen and oxygen atoms in total. The number of sulfonamides is 1. The minimum atomic E-state index is -4.05. The van der Waals surface area contributed by atoms with E-state index in [1.165, 1.54) is 25.5 Å². The molecule has 11 heteroatoms. The lowest BCUT2D eigenvalue weighted by molar-refractivity contribution is -0.119. The smallest absolute Gasteiger partial charge is 0.264 e. The molecule has 0 unspecified atom stereocenters. The third-order valence-corrected chi connectivity index (χ3v) is 9.10. The molecule has 0 saturated carbocycles. The highest BCUT2D eigenvalue weighted by molar-refractivity contribution is 9.10. The largest absolute Gasteiger partial charge is 0.493 e. The maximum atomic E-state index is 13.7. The lowest BCUT2D eigenvalue weighted by Gasteiger charge is -2.25. The van der Waals surface area contributed by atoms with Gasteiger partial charge in [-0.3, -0.25) is 9.10 Å². The van der Waals surface area contributed by atoms with Gasteiger partial charge in [-0.1, -0.05) is 53.6 Å². The average molecular weight is 685 g/mol. The molecular weight excluding hydrogens is 654 g/mol. The van der Waals surface area contributed by atoms with Crippen molar-refractivity contribution >= 4 is 55.4 Å². The highest BCUT2D eigenvalue weighted by atomic mass is 79.9. The predicted molar refractivity (Wildman–Crippen MR) is 174 cm³/mol. The van der Waals surface area contributed by atoms with Gasteiger partial charge in [-0.2, -0.15) is 5.10 Å². The molecule has 43 heavy (non-hydrogen) atoms. The van der Waals surface area contributed by atoms with Gasteiger partial charge in [-0.05, 0) is 101 Å². The Morgan fingerprint density at radius 1 is 0.977 bits per heavy atom. The molecule has 0 fully saturated rings. The van der Waals surface area contributed by atoms with Crippen LogP contribution in [0.25, 0.3) is 0 Å². The number of amides is 1. The van der Waals surface area contributed by atoms with Gasteiger partial charge in [0, 0.05) is 5.02 Å². The van der Waals surface area contributed by atoms with Crippen LogP contribution in [-0.2, 0) is 21.4 Å². The number of rotatable bonds is 11. The number of benzene rings is 4. The Morgan fingerprint density at radius 3 is 2.33 bits per heavy atom. The first-order valence-electron chi connectivity index (χ1n) is 13.2. The zero-order valence-electron chi connectivity index (χ0n) is 24.1. The van der Waals surface area contributed by atoms with E-state index in [2.05, 4.69) is 26.5 Å². The van der Waals surface area contributed by atoms with E-state index in [9.17, 15) is 13.2 Å². The lowest BCUT2D eigenvalue weighted by atomic mass is 10.1. The topological polar surface area (TPSA) is 97.3 Å². The Bertz CT molecular complexity index is 1740. The number of carbonyl (C=O) groups is 1. The SMILES string of the molecule is COc1cc(/C=N\NC(=O)CN(c2cc(C)ccc2C)S(=O)(=O)c2ccc(C)cc2)cc(Br)c1OCc1ccc(Cl)cc1. The summed E-state index contributed by atoms with van der Waals surface area (Å²) in [6.45, 7) is 5.38. The molecule has 224 valence electrons. The summed E-state index contributed by atoms with van der Waals surface area (Å²) in [6.07, 6.45) is 1.44. The molecule has 0 aromatic heterocycles. The van der Waals surface area contributed by atoms with Crippen molar-refractivity contribution in [2.45, 2.75) is 32.3 Å². The van der Waals surface area contributed by atoms with Gasteiger partial charge in [-0.25, -0.2) is 13.8 Å². The Balaban J connectivity index is 1.51. The van der Waals surface area contributed by atoms with Gasteiger partial charge in [0.2, 0.25) is 0 Å². The van der Waals surface area contributed by atoms with E-state index in [1.54, 1.807) is 49.4 Å². The molecule has 1 amide bonds. The van der Waals surface area contributed by atoms with Crippen molar-refractivity contribution < 1.29 is 22.7 Å². The third-order valence-electron chi connectivity index (χ3n) is 6.48. The minimum absolute atomic E-state index is 0.0885. The number of ether oxygens (including phenoxy) is 2. The first-order valence-corrected chi connectivity index (χ1v) is 15.8. The summed E-state index contributed by atoms with van der Waals surface area (Å²) in [7, 11) is -2.53. The number of nitrogens with zero attached hydrogens (tertiary/aromatic N) is 2. The second kappa shape index (κ2) is 14.1. The maximum absolute atomic E-state index is 13.7. The molecular formula is C32H31BrClN3O5S. The van der Waals surface area contributed by atoms with E-state index < -0.39 is 22.5 Å². The summed E-state index contributed by atoms with van der Waals surface area (Å²) in [5.41, 5.74) is 6.92. The summed E-state index contributed by atoms with van der Waals surface area (Å²) >= 11 is 9.47. The van der Waals surface area contributed by atoms with Gasteiger partial charge < -0.3 is 9.47 Å². The molecule has 0 spiro atoms. The number of halogens is 2. The molecule has 0 aliphatic rings. The number of aryl methyl sites for hydroxylation is 3. The van der Waals surface area contributed by atoms with Crippen molar-refractivity contribution in [1.82, 2.24) is 5.43 Å². The van der Waals surface area contributed by atoms with Gasteiger partial charge in [0.1, 0.15) is 13.2 Å². The van der Waals surface area contributed by atoms with Crippen molar-refractivity contribution in [1.29, 1.82) is 0 Å². The second-order valence-electron chi connectivity index (χ2n) is 9.86. The Kier molecular flexibility index (Phi) is 10.5. The van der Waals surface area contributed by atoms with Crippen LogP contribution in [0.2, 0.25) is 5.02 Å². The standard InChI is InChI=1S/C32H31BrClN3O5S/c1-21-6-13-27(14-7-21)43(39,40)37(29-15-22(2)5-8-23(29)3)19-31(38)36-35-18-25-16-28(33)32(30(17-25)41-4)42-20-24-9-11-26(34)12-10-24/h5-18H,19-20H2,1-4H3,(H,36,38)/b35-18-. The van der Waals surface area contributed by atoms with Crippen LogP contribution >= 0.6 is 27.5 Å². The van der Waals surface area contributed by atoms with E-state index in [0.717, 1.165) is 21.0 Å². The summed E-state index contributed by atoms with van der Waals surface area (Å²) in [6, 6.07) is 22.8. The van der Waals surface area contributed by atoms with Crippen LogP contribution in [0.3, 0.4) is 0 Å². The van der Waals surface area contributed by atoms with Crippen LogP contribution < -0.4 is 19.2 Å². The van der Waals surface area contributed by atoms with Crippen molar-refractivity contribution in [2.75, 3.05) is 18.0 Å². The van der Waals surface area contributed by atoms with Gasteiger partial charge in [0.25, 0.3) is 15.9 Å². The number of anilines is 1. The highest BCUT2D eigenvalue weighted by Gasteiger charge is 2.28. The molecule has 1 N–H and O–H groups in total. The van der Waals surface area contributed by atoms with E-state index in [-0.39, 0.29) is 4.90 Å². The van der Waals surface area contributed by atoms with Crippen LogP contribution in [0.4, 0.5) is 5.69 Å². The zero-order chi connectivity index (χ0) is 31.1. The van der Waals surface area contributed by atoms with E-state index in [1.807, 2.05) is 38.1 Å². The van der Waals surface area contributed by atoms with Crippen LogP contribution in [0, 0.1) is 20.8 Å². The summed E-state index contributed by atoms with van der Waals surface area (Å²) in [5.74, 6) is 0.354. The molecule has 0 radical (unpaired) electrons. The Hall–Kier alpha value is -3.86. The summed E-state index contributed by atoms with van der Waals surface area (Å²) in [4.78, 5) is 13.1. The van der Waals surface area contributed by atoms with Crippen molar-refractivity contribution in [3.63, 3.8) is 0 Å². The van der Waals surface area contributed by atoms with Crippen LogP contribution in [-0.4, -0.2) is 34.2 Å². The molecule has 4 aromatic rings. The summed E-state index contributed by atoms with van der Waals surface area (Å²) in [5, 5.41) is 4.71. The molecule has 4 aromatic carbocycles. The fourth-order valence-corrected chi connectivity index (χ4v) is 6.34. The lowest BCUT2D eigenvalue weighted by Crippen LogP contribution is -2.40. The molecule has 4 rings (SSSR count). The number of hydrogen-bond acceptors (Lipinski definition) is 6. The molecule has 0 aliphatic heterocycles. The molecule has 0 heterocycles. The van der Waals surface area contributed by atoms with Crippen molar-refractivity contribution in [3.8, 4) is 11.5 Å². The van der Waals surface area contributed by atoms with Gasteiger partial charge >= 0.3 is 0 Å². The number of hydrazone groups is 1. The van der Waals surface area contributed by atoms with Gasteiger partial charge in [0.15, 0.2) is 11.5 Å². The molecule has 0 saturated heterocycles. The van der Waals surface area contributed by atoms with Crippen LogP contribution in [0.1, 0.15) is 27.8 Å². The maximum Gasteiger partial charge on any atom is 0.264 e. The monoisotopic (exact) mass is 683 g/mol. The van der Waals surface area contributed by atoms with E-state index in [4.69, 9.17) is 21.1 Å². The Morgan fingerprint density at radius 2 is 1.65 bits per heavy atom. The zero-order valence-corrected chi connectivity index (χ0v) is 27.3. The average Bonchev–Trinajstić information content (AvgIpc) is 2.97. The molecule has 0 atom stereocenters. The minimum Gasteiger partial charge on any atom is -0.493 e. The van der Waals surface area contributed by atoms with Crippen molar-refractivity contribution in [3.05, 3.63) is 116 Å². The number of nitrogens with one attached hydrogen (secondary N) is 1. The van der Waals surface area contributed by atoms with E-state index in [0.29, 0.717) is 44.4 Å². The first-order chi connectivity index (χ1) is 20.5. The second-order valence-corrected chi connectivity index (χ2v) is 13.0. The number of hydrogen-bond donors (Lipinski definition) is 1. The fourth-order valence-electron chi connectivity index (χ4n) is 4.16. The fraction of sp³-hybridized carbons (Fsp3) is 0.188. The van der Waals surface area contributed by atoms with Gasteiger partial charge in [-0.15, -0.1) is 0 Å². The molecule has 0 aliphatic carbocycles. The quantitative estimate of drug-likeness (QED) is 0.136. The first kappa shape index (κ1) is 32.1. The predicted octanol–water partition coefficient (Wildman–Crippen LogP) is 6.96. The van der Waals surface area contributed by atoms with Crippen LogP contribution in [0.15, 0.2) is 93.3 Å². The Labute approximate surface area is 265 Å². The van der Waals surface area contributed by atoms with Gasteiger partial charge in [0.05, 0.1) is 28.4 Å². The number of carbonyl (C=O) groups excluding carboxylic acids is 1. The third kappa shape index (κ3) is 8.16. The number of methoxy groups -OCH3 is 1. The molecule has 0 bridgehead atoms. The normalized spacial score (nSPS) is 11.4. The highest BCUT2D eigenvalue weighted by Crippen LogP contribution is 2.37.